The molecule has 9 nitrogen and oxygen atoms in total. The van der Waals surface area contributed by atoms with Crippen LogP contribution in [0.5, 0.6) is 11.5 Å². The van der Waals surface area contributed by atoms with Crippen LogP contribution in [0.3, 0.4) is 0 Å². The second kappa shape index (κ2) is 10.2. The molecule has 2 aromatic rings. The third-order valence-electron chi connectivity index (χ3n) is 3.77. The zero-order chi connectivity index (χ0) is 22.2. The van der Waals surface area contributed by atoms with E-state index in [0.717, 1.165) is 17.8 Å². The topological polar surface area (TPSA) is 118 Å². The highest BCUT2D eigenvalue weighted by Gasteiger charge is 2.25. The number of anilines is 1. The Morgan fingerprint density at radius 2 is 1.87 bits per heavy atom. The fourth-order valence-electron chi connectivity index (χ4n) is 2.40. The maximum Gasteiger partial charge on any atom is 0.331 e. The van der Waals surface area contributed by atoms with E-state index in [1.165, 1.54) is 20.2 Å². The van der Waals surface area contributed by atoms with Crippen LogP contribution < -0.4 is 15.4 Å². The van der Waals surface area contributed by atoms with Crippen LogP contribution >= 0.6 is 11.8 Å². The zero-order valence-corrected chi connectivity index (χ0v) is 17.4. The predicted molar refractivity (Wildman–Crippen MR) is 118 cm³/mol. The van der Waals surface area contributed by atoms with Gasteiger partial charge in [-0.3, -0.25) is 14.9 Å². The Hall–Kier alpha value is -3.92. The van der Waals surface area contributed by atoms with Crippen molar-refractivity contribution in [2.24, 2.45) is 10.2 Å². The van der Waals surface area contributed by atoms with Crippen molar-refractivity contribution in [1.29, 1.82) is 0 Å². The molecule has 0 bridgehead atoms. The molecule has 0 saturated carbocycles. The summed E-state index contributed by atoms with van der Waals surface area (Å²) >= 11 is 0.985. The van der Waals surface area contributed by atoms with Crippen LogP contribution in [0.25, 0.3) is 0 Å². The van der Waals surface area contributed by atoms with Crippen LogP contribution in [0.4, 0.5) is 5.69 Å². The third kappa shape index (κ3) is 6.28. The van der Waals surface area contributed by atoms with Gasteiger partial charge in [0.15, 0.2) is 5.17 Å². The van der Waals surface area contributed by atoms with Crippen molar-refractivity contribution in [3.05, 3.63) is 65.1 Å². The van der Waals surface area contributed by atoms with Gasteiger partial charge in [-0.2, -0.15) is 5.10 Å². The quantitative estimate of drug-likeness (QED) is 0.310. The second-order valence-electron chi connectivity index (χ2n) is 6.08. The molecule has 31 heavy (non-hydrogen) atoms. The SMILES string of the molecule is COC(=O)/C=C1/S/C(=N\N=Cc2ccccc2Oc2ccc(NC(C)=O)cc2)NC1=O. The molecule has 3 rings (SSSR count). The smallest absolute Gasteiger partial charge is 0.331 e. The summed E-state index contributed by atoms with van der Waals surface area (Å²) in [6.07, 6.45) is 2.58. The van der Waals surface area contributed by atoms with Gasteiger partial charge in [-0.05, 0) is 48.2 Å². The molecule has 0 aromatic heterocycles. The van der Waals surface area contributed by atoms with Gasteiger partial charge in [0.1, 0.15) is 11.5 Å². The van der Waals surface area contributed by atoms with Crippen molar-refractivity contribution >= 4 is 46.6 Å². The van der Waals surface area contributed by atoms with Gasteiger partial charge in [-0.1, -0.05) is 12.1 Å². The molecule has 158 valence electrons. The number of hydrogen-bond acceptors (Lipinski definition) is 8. The Kier molecular flexibility index (Phi) is 7.17. The molecule has 0 atom stereocenters. The van der Waals surface area contributed by atoms with E-state index in [-0.39, 0.29) is 16.0 Å². The van der Waals surface area contributed by atoms with Gasteiger partial charge >= 0.3 is 5.97 Å². The first-order valence-corrected chi connectivity index (χ1v) is 9.80. The van der Waals surface area contributed by atoms with Gasteiger partial charge in [-0.25, -0.2) is 4.79 Å². The van der Waals surface area contributed by atoms with Crippen LogP contribution in [0, 0.1) is 0 Å². The first kappa shape index (κ1) is 21.8. The Balaban J connectivity index is 1.69. The standard InChI is InChI=1S/C21H18N4O5S/c1-13(26)23-15-7-9-16(10-8-15)30-17-6-4-3-5-14(17)12-22-25-21-24-20(28)18(31-21)11-19(27)29-2/h3-12H,1-2H3,(H,23,26)(H,24,25,28)/b18-11+,22-12?. The summed E-state index contributed by atoms with van der Waals surface area (Å²) in [5.74, 6) is -0.0960. The number of hydrogen-bond donors (Lipinski definition) is 2. The number of nitrogens with zero attached hydrogens (tertiary/aromatic N) is 2. The number of nitrogens with one attached hydrogen (secondary N) is 2. The Morgan fingerprint density at radius 1 is 1.13 bits per heavy atom. The van der Waals surface area contributed by atoms with Crippen molar-refractivity contribution in [2.75, 3.05) is 12.4 Å². The van der Waals surface area contributed by atoms with Crippen molar-refractivity contribution < 1.29 is 23.9 Å². The Bertz CT molecular complexity index is 1090. The summed E-state index contributed by atoms with van der Waals surface area (Å²) < 4.78 is 10.4. The lowest BCUT2D eigenvalue weighted by molar-refractivity contribution is -0.135. The summed E-state index contributed by atoms with van der Waals surface area (Å²) in [5, 5.41) is 13.4. The largest absolute Gasteiger partial charge is 0.466 e. The van der Waals surface area contributed by atoms with Gasteiger partial charge in [-0.15, -0.1) is 5.10 Å². The molecule has 0 unspecified atom stereocenters. The average Bonchev–Trinajstić information content (AvgIpc) is 3.09. The number of methoxy groups -OCH3 is 1. The van der Waals surface area contributed by atoms with E-state index in [1.807, 2.05) is 12.1 Å². The van der Waals surface area contributed by atoms with E-state index in [0.29, 0.717) is 22.7 Å². The summed E-state index contributed by atoms with van der Waals surface area (Å²) in [7, 11) is 1.23. The minimum Gasteiger partial charge on any atom is -0.466 e. The number of amides is 2. The number of amidine groups is 1. The molecule has 0 spiro atoms. The maximum absolute atomic E-state index is 11.8. The maximum atomic E-state index is 11.8. The number of para-hydroxylation sites is 1. The fraction of sp³-hybridized carbons (Fsp3) is 0.0952. The fourth-order valence-corrected chi connectivity index (χ4v) is 3.14. The number of esters is 1. The van der Waals surface area contributed by atoms with Crippen molar-refractivity contribution in [3.8, 4) is 11.5 Å². The first-order valence-electron chi connectivity index (χ1n) is 8.99. The summed E-state index contributed by atoms with van der Waals surface area (Å²) in [6.45, 7) is 1.44. The van der Waals surface area contributed by atoms with Crippen molar-refractivity contribution in [2.45, 2.75) is 6.92 Å². The van der Waals surface area contributed by atoms with Crippen LogP contribution in [0.2, 0.25) is 0 Å². The van der Waals surface area contributed by atoms with E-state index in [4.69, 9.17) is 4.74 Å². The molecular weight excluding hydrogens is 420 g/mol. The molecular formula is C21H18N4O5S. The van der Waals surface area contributed by atoms with Gasteiger partial charge < -0.3 is 14.8 Å². The first-order chi connectivity index (χ1) is 14.9. The lowest BCUT2D eigenvalue weighted by Crippen LogP contribution is -2.19. The highest BCUT2D eigenvalue weighted by Crippen LogP contribution is 2.26. The lowest BCUT2D eigenvalue weighted by atomic mass is 10.2. The van der Waals surface area contributed by atoms with Crippen molar-refractivity contribution in [3.63, 3.8) is 0 Å². The van der Waals surface area contributed by atoms with Crippen molar-refractivity contribution in [1.82, 2.24) is 5.32 Å². The zero-order valence-electron chi connectivity index (χ0n) is 16.6. The molecule has 10 heteroatoms. The molecule has 1 heterocycles. The van der Waals surface area contributed by atoms with Gasteiger partial charge in [0.05, 0.1) is 18.2 Å². The van der Waals surface area contributed by atoms with Gasteiger partial charge in [0.25, 0.3) is 5.91 Å². The number of benzene rings is 2. The summed E-state index contributed by atoms with van der Waals surface area (Å²) in [6, 6.07) is 14.2. The third-order valence-corrected chi connectivity index (χ3v) is 4.67. The lowest BCUT2D eigenvalue weighted by Gasteiger charge is -2.09. The highest BCUT2D eigenvalue weighted by atomic mass is 32.2. The van der Waals surface area contributed by atoms with Crippen LogP contribution in [-0.2, 0) is 19.1 Å². The number of ether oxygens (including phenoxy) is 2. The summed E-state index contributed by atoms with van der Waals surface area (Å²) in [4.78, 5) is 34.4. The van der Waals surface area contributed by atoms with Gasteiger partial charge in [0, 0.05) is 24.3 Å². The van der Waals surface area contributed by atoms with E-state index >= 15 is 0 Å². The monoisotopic (exact) mass is 438 g/mol. The number of rotatable bonds is 6. The molecule has 1 fully saturated rings. The molecule has 1 saturated heterocycles. The number of carbonyl (C=O) groups is 3. The normalized spacial score (nSPS) is 15.9. The highest BCUT2D eigenvalue weighted by molar-refractivity contribution is 8.18. The van der Waals surface area contributed by atoms with Gasteiger partial charge in [0.2, 0.25) is 5.91 Å². The molecule has 1 aliphatic heterocycles. The van der Waals surface area contributed by atoms with Crippen LogP contribution in [-0.4, -0.2) is 36.3 Å². The molecule has 0 aliphatic carbocycles. The predicted octanol–water partition coefficient (Wildman–Crippen LogP) is 3.05. The molecule has 2 aromatic carbocycles. The number of carbonyl (C=O) groups excluding carboxylic acids is 3. The Labute approximate surface area is 182 Å². The second-order valence-corrected chi connectivity index (χ2v) is 7.11. The molecule has 2 amide bonds. The van der Waals surface area contributed by atoms with Crippen LogP contribution in [0.1, 0.15) is 12.5 Å². The Morgan fingerprint density at radius 3 is 2.58 bits per heavy atom. The van der Waals surface area contributed by atoms with E-state index in [9.17, 15) is 14.4 Å². The molecule has 2 N–H and O–H groups in total. The van der Waals surface area contributed by atoms with E-state index < -0.39 is 11.9 Å². The molecule has 0 radical (unpaired) electrons. The van der Waals surface area contributed by atoms with E-state index in [2.05, 4.69) is 25.6 Å². The van der Waals surface area contributed by atoms with E-state index in [1.54, 1.807) is 36.4 Å². The minimum absolute atomic E-state index is 0.152. The summed E-state index contributed by atoms with van der Waals surface area (Å²) in [5.41, 5.74) is 1.33. The van der Waals surface area contributed by atoms with Crippen LogP contribution in [0.15, 0.2) is 69.7 Å². The minimum atomic E-state index is -0.626. The average molecular weight is 438 g/mol. The number of thioether (sulfide) groups is 1. The molecule has 1 aliphatic rings.